The molecular formula is C21H17N3O2. The van der Waals surface area contributed by atoms with Gasteiger partial charge in [0.15, 0.2) is 0 Å². The van der Waals surface area contributed by atoms with Gasteiger partial charge >= 0.3 is 0 Å². The minimum atomic E-state index is -0.402. The van der Waals surface area contributed by atoms with Crippen molar-refractivity contribution in [1.82, 2.24) is 5.01 Å². The number of amides is 2. The third-order valence-electron chi connectivity index (χ3n) is 4.48. The third-order valence-corrected chi connectivity index (χ3v) is 4.48. The predicted molar refractivity (Wildman–Crippen MR) is 103 cm³/mol. The van der Waals surface area contributed by atoms with E-state index < -0.39 is 11.8 Å². The van der Waals surface area contributed by atoms with Gasteiger partial charge in [0.25, 0.3) is 11.8 Å². The standard InChI is InChI=1S/C21H17N3O2/c1-23(2)16-11-9-14(10-12-16)13-22-24-20(25)17-7-3-5-15-6-4-8-18(19(15)17)21(24)26/h3-13H,1-2H3/b22-13-. The summed E-state index contributed by atoms with van der Waals surface area (Å²) in [7, 11) is 3.93. The zero-order valence-electron chi connectivity index (χ0n) is 14.5. The number of carbonyl (C=O) groups excluding carboxylic acids is 2. The Morgan fingerprint density at radius 3 is 1.96 bits per heavy atom. The molecule has 0 saturated carbocycles. The van der Waals surface area contributed by atoms with Crippen molar-refractivity contribution in [2.45, 2.75) is 0 Å². The zero-order chi connectivity index (χ0) is 18.3. The van der Waals surface area contributed by atoms with E-state index in [1.54, 1.807) is 12.1 Å². The van der Waals surface area contributed by atoms with Crippen molar-refractivity contribution < 1.29 is 9.59 Å². The lowest BCUT2D eigenvalue weighted by atomic mass is 9.95. The van der Waals surface area contributed by atoms with Gasteiger partial charge in [-0.1, -0.05) is 36.4 Å². The smallest absolute Gasteiger partial charge is 0.282 e. The van der Waals surface area contributed by atoms with Crippen LogP contribution >= 0.6 is 0 Å². The van der Waals surface area contributed by atoms with Crippen LogP contribution in [0.3, 0.4) is 0 Å². The largest absolute Gasteiger partial charge is 0.378 e. The van der Waals surface area contributed by atoms with Gasteiger partial charge in [-0.15, -0.1) is 0 Å². The molecule has 2 amide bonds. The Balaban J connectivity index is 1.70. The van der Waals surface area contributed by atoms with Crippen molar-refractivity contribution in [2.75, 3.05) is 19.0 Å². The van der Waals surface area contributed by atoms with Gasteiger partial charge in [0.05, 0.1) is 17.3 Å². The Kier molecular flexibility index (Phi) is 3.77. The summed E-state index contributed by atoms with van der Waals surface area (Å²) in [5, 5.41) is 6.69. The molecule has 3 aromatic rings. The van der Waals surface area contributed by atoms with E-state index in [1.165, 1.54) is 6.21 Å². The number of hydrazone groups is 1. The van der Waals surface area contributed by atoms with Crippen molar-refractivity contribution in [3.05, 3.63) is 77.4 Å². The number of anilines is 1. The molecule has 26 heavy (non-hydrogen) atoms. The van der Waals surface area contributed by atoms with Crippen molar-refractivity contribution in [2.24, 2.45) is 5.10 Å². The maximum Gasteiger partial charge on any atom is 0.282 e. The number of hydrogen-bond acceptors (Lipinski definition) is 4. The van der Waals surface area contributed by atoms with Crippen LogP contribution in [0, 0.1) is 0 Å². The average molecular weight is 343 g/mol. The van der Waals surface area contributed by atoms with Gasteiger partial charge in [0, 0.05) is 25.2 Å². The zero-order valence-corrected chi connectivity index (χ0v) is 14.5. The fraction of sp³-hybridized carbons (Fsp3) is 0.0952. The lowest BCUT2D eigenvalue weighted by Crippen LogP contribution is -2.36. The van der Waals surface area contributed by atoms with Crippen LogP contribution in [0.25, 0.3) is 10.8 Å². The second kappa shape index (κ2) is 6.11. The Hall–Kier alpha value is -3.47. The summed E-state index contributed by atoms with van der Waals surface area (Å²) in [6.45, 7) is 0. The first-order chi connectivity index (χ1) is 12.6. The van der Waals surface area contributed by atoms with Crippen LogP contribution in [0.2, 0.25) is 0 Å². The molecular weight excluding hydrogens is 326 g/mol. The molecule has 128 valence electrons. The SMILES string of the molecule is CN(C)c1ccc(/C=N\N2C(=O)c3cccc4cccc(c34)C2=O)cc1. The van der Waals surface area contributed by atoms with Crippen LogP contribution in [0.4, 0.5) is 5.69 Å². The first-order valence-electron chi connectivity index (χ1n) is 8.28. The highest BCUT2D eigenvalue weighted by Crippen LogP contribution is 2.30. The minimum absolute atomic E-state index is 0.402. The minimum Gasteiger partial charge on any atom is -0.378 e. The number of hydrogen-bond donors (Lipinski definition) is 0. The van der Waals surface area contributed by atoms with Gasteiger partial charge in [0.2, 0.25) is 0 Å². The van der Waals surface area contributed by atoms with Crippen molar-refractivity contribution >= 4 is 34.5 Å². The summed E-state index contributed by atoms with van der Waals surface area (Å²) in [4.78, 5) is 27.5. The molecule has 0 N–H and O–H groups in total. The van der Waals surface area contributed by atoms with Gasteiger partial charge in [-0.25, -0.2) is 0 Å². The summed E-state index contributed by atoms with van der Waals surface area (Å²) < 4.78 is 0. The van der Waals surface area contributed by atoms with E-state index in [2.05, 4.69) is 5.10 Å². The van der Waals surface area contributed by atoms with Gasteiger partial charge in [0.1, 0.15) is 0 Å². The molecule has 0 bridgehead atoms. The highest BCUT2D eigenvalue weighted by atomic mass is 16.2. The van der Waals surface area contributed by atoms with Crippen molar-refractivity contribution in [1.29, 1.82) is 0 Å². The molecule has 1 aliphatic heterocycles. The Labute approximate surface area is 151 Å². The number of carbonyl (C=O) groups is 2. The van der Waals surface area contributed by atoms with Crippen LogP contribution in [0.15, 0.2) is 65.8 Å². The van der Waals surface area contributed by atoms with Crippen LogP contribution in [-0.4, -0.2) is 37.1 Å². The number of imide groups is 1. The molecule has 5 nitrogen and oxygen atoms in total. The van der Waals surface area contributed by atoms with E-state index in [-0.39, 0.29) is 0 Å². The summed E-state index contributed by atoms with van der Waals surface area (Å²) in [6, 6.07) is 18.6. The lowest BCUT2D eigenvalue weighted by Gasteiger charge is -2.23. The van der Waals surface area contributed by atoms with Crippen LogP contribution in [0.5, 0.6) is 0 Å². The van der Waals surface area contributed by atoms with E-state index in [4.69, 9.17) is 0 Å². The summed E-state index contributed by atoms with van der Waals surface area (Å²) >= 11 is 0. The Morgan fingerprint density at radius 2 is 1.42 bits per heavy atom. The van der Waals surface area contributed by atoms with Gasteiger partial charge in [-0.2, -0.15) is 10.1 Å². The second-order valence-corrected chi connectivity index (χ2v) is 6.36. The fourth-order valence-electron chi connectivity index (χ4n) is 3.11. The van der Waals surface area contributed by atoms with E-state index in [9.17, 15) is 9.59 Å². The molecule has 0 saturated heterocycles. The van der Waals surface area contributed by atoms with Crippen LogP contribution < -0.4 is 4.90 Å². The average Bonchev–Trinajstić information content (AvgIpc) is 2.66. The maximum absolute atomic E-state index is 12.8. The third kappa shape index (κ3) is 2.54. The Bertz CT molecular complexity index is 1000. The van der Waals surface area contributed by atoms with E-state index >= 15 is 0 Å². The number of rotatable bonds is 3. The molecule has 5 heteroatoms. The summed E-state index contributed by atoms with van der Waals surface area (Å²) in [6.07, 6.45) is 1.53. The first-order valence-corrected chi connectivity index (χ1v) is 8.28. The molecule has 4 rings (SSSR count). The monoisotopic (exact) mass is 343 g/mol. The van der Waals surface area contributed by atoms with Gasteiger partial charge < -0.3 is 4.90 Å². The molecule has 0 spiro atoms. The first kappa shape index (κ1) is 16.0. The molecule has 3 aromatic carbocycles. The van der Waals surface area contributed by atoms with Crippen LogP contribution in [-0.2, 0) is 0 Å². The molecule has 1 aliphatic rings. The molecule has 0 aliphatic carbocycles. The van der Waals surface area contributed by atoms with Crippen LogP contribution in [0.1, 0.15) is 26.3 Å². The predicted octanol–water partition coefficient (Wildman–Crippen LogP) is 3.54. The quantitative estimate of drug-likeness (QED) is 0.540. The molecule has 0 atom stereocenters. The lowest BCUT2D eigenvalue weighted by molar-refractivity contribution is 0.0616. The molecule has 0 unspecified atom stereocenters. The topological polar surface area (TPSA) is 53.0 Å². The fourth-order valence-corrected chi connectivity index (χ4v) is 3.11. The molecule has 0 fully saturated rings. The van der Waals surface area contributed by atoms with Crippen molar-refractivity contribution in [3.8, 4) is 0 Å². The maximum atomic E-state index is 12.8. The summed E-state index contributed by atoms with van der Waals surface area (Å²) in [5.74, 6) is -0.805. The summed E-state index contributed by atoms with van der Waals surface area (Å²) in [5.41, 5.74) is 2.87. The molecule has 1 heterocycles. The van der Waals surface area contributed by atoms with Gasteiger partial charge in [-0.3, -0.25) is 9.59 Å². The number of nitrogens with zero attached hydrogens (tertiary/aromatic N) is 3. The van der Waals surface area contributed by atoms with E-state index in [0.29, 0.717) is 16.5 Å². The second-order valence-electron chi connectivity index (χ2n) is 6.36. The van der Waals surface area contributed by atoms with Gasteiger partial charge in [-0.05, 0) is 35.2 Å². The van der Waals surface area contributed by atoms with Crippen molar-refractivity contribution in [3.63, 3.8) is 0 Å². The highest BCUT2D eigenvalue weighted by molar-refractivity contribution is 6.25. The highest BCUT2D eigenvalue weighted by Gasteiger charge is 2.32. The molecule has 0 aromatic heterocycles. The normalized spacial score (nSPS) is 13.7. The molecule has 0 radical (unpaired) electrons. The van der Waals surface area contributed by atoms with E-state index in [0.717, 1.165) is 21.6 Å². The van der Waals surface area contributed by atoms with E-state index in [1.807, 2.05) is 67.5 Å². The number of benzene rings is 3. The Morgan fingerprint density at radius 1 is 0.846 bits per heavy atom.